The Morgan fingerprint density at radius 1 is 1.62 bits per heavy atom. The Bertz CT molecular complexity index is 557. The van der Waals surface area contributed by atoms with Crippen molar-refractivity contribution >= 4 is 17.2 Å². The predicted molar refractivity (Wildman–Crippen MR) is 81.9 cm³/mol. The molecule has 3 N–H and O–H groups in total. The van der Waals surface area contributed by atoms with E-state index in [0.717, 1.165) is 30.2 Å². The maximum Gasteiger partial charge on any atom is 0.241 e. The fourth-order valence-corrected chi connectivity index (χ4v) is 4.53. The summed E-state index contributed by atoms with van der Waals surface area (Å²) in [6.45, 7) is 7.25. The molecule has 3 unspecified atom stereocenters. The van der Waals surface area contributed by atoms with Gasteiger partial charge < -0.3 is 15.8 Å². The van der Waals surface area contributed by atoms with Crippen LogP contribution in [0, 0.1) is 18.3 Å². The van der Waals surface area contributed by atoms with Gasteiger partial charge in [-0.3, -0.25) is 4.79 Å². The topological polar surface area (TPSA) is 77.2 Å². The smallest absolute Gasteiger partial charge is 0.241 e. The first-order chi connectivity index (χ1) is 9.87. The van der Waals surface area contributed by atoms with E-state index in [-0.39, 0.29) is 23.3 Å². The summed E-state index contributed by atoms with van der Waals surface area (Å²) in [5, 5.41) is 5.87. The van der Waals surface area contributed by atoms with Crippen molar-refractivity contribution in [1.82, 2.24) is 10.3 Å². The van der Waals surface area contributed by atoms with E-state index >= 15 is 0 Å². The Labute approximate surface area is 129 Å². The van der Waals surface area contributed by atoms with E-state index in [4.69, 9.17) is 10.5 Å². The maximum atomic E-state index is 12.7. The number of nitrogens with one attached hydrogen (secondary N) is 1. The number of hydrogen-bond acceptors (Lipinski definition) is 5. The van der Waals surface area contributed by atoms with Crippen molar-refractivity contribution in [3.8, 4) is 0 Å². The van der Waals surface area contributed by atoms with Gasteiger partial charge in [-0.15, -0.1) is 11.3 Å². The number of fused-ring (bicyclic) bond motifs is 1. The van der Waals surface area contributed by atoms with Gasteiger partial charge in [0.25, 0.3) is 0 Å². The molecule has 6 heteroatoms. The number of ether oxygens (including phenoxy) is 1. The minimum absolute atomic E-state index is 0.0768. The molecule has 3 atom stereocenters. The minimum atomic E-state index is -0.843. The molecule has 3 rings (SSSR count). The summed E-state index contributed by atoms with van der Waals surface area (Å²) >= 11 is 1.56. The van der Waals surface area contributed by atoms with Crippen LogP contribution < -0.4 is 11.1 Å². The number of carbonyl (C=O) groups excluding carboxylic acids is 1. The van der Waals surface area contributed by atoms with Gasteiger partial charge in [0, 0.05) is 29.0 Å². The van der Waals surface area contributed by atoms with E-state index in [1.807, 2.05) is 26.2 Å². The van der Waals surface area contributed by atoms with Gasteiger partial charge in [0.15, 0.2) is 0 Å². The number of aryl methyl sites for hydroxylation is 1. The zero-order valence-electron chi connectivity index (χ0n) is 12.8. The molecule has 1 aromatic heterocycles. The zero-order valence-corrected chi connectivity index (χ0v) is 13.6. The van der Waals surface area contributed by atoms with Gasteiger partial charge in [-0.2, -0.15) is 0 Å². The van der Waals surface area contributed by atoms with Crippen molar-refractivity contribution in [2.75, 3.05) is 6.61 Å². The van der Waals surface area contributed by atoms with Gasteiger partial charge in [-0.25, -0.2) is 4.98 Å². The van der Waals surface area contributed by atoms with Gasteiger partial charge in [0.1, 0.15) is 10.5 Å². The van der Waals surface area contributed by atoms with Gasteiger partial charge in [-0.1, -0.05) is 13.8 Å². The molecule has 2 heterocycles. The Kier molecular flexibility index (Phi) is 3.58. The van der Waals surface area contributed by atoms with Gasteiger partial charge >= 0.3 is 0 Å². The summed E-state index contributed by atoms with van der Waals surface area (Å²) in [7, 11) is 0. The van der Waals surface area contributed by atoms with Crippen molar-refractivity contribution < 1.29 is 9.53 Å². The van der Waals surface area contributed by atoms with Crippen molar-refractivity contribution in [3.63, 3.8) is 0 Å². The molecule has 1 saturated carbocycles. The Balaban J connectivity index is 1.70. The number of hydrogen-bond donors (Lipinski definition) is 2. The first-order valence-electron chi connectivity index (χ1n) is 7.47. The van der Waals surface area contributed by atoms with E-state index in [1.54, 1.807) is 11.3 Å². The first-order valence-corrected chi connectivity index (χ1v) is 8.35. The molecule has 2 fully saturated rings. The molecule has 0 radical (unpaired) electrons. The molecule has 0 bridgehead atoms. The third-order valence-corrected chi connectivity index (χ3v) is 6.09. The van der Waals surface area contributed by atoms with Gasteiger partial charge in [0.05, 0.1) is 12.6 Å². The number of carbonyl (C=O) groups is 1. The predicted octanol–water partition coefficient (Wildman–Crippen LogP) is 1.60. The molecule has 0 spiro atoms. The Morgan fingerprint density at radius 3 is 3.05 bits per heavy atom. The lowest BCUT2D eigenvalue weighted by atomic mass is 9.46. The molecule has 1 saturated heterocycles. The van der Waals surface area contributed by atoms with Gasteiger partial charge in [-0.05, 0) is 19.8 Å². The number of amides is 1. The highest BCUT2D eigenvalue weighted by Gasteiger charge is 2.70. The standard InChI is InChI=1S/C15H23N3O2S/c1-9-8-21-11(18-9)7-17-13(19)15(16)10-5-4-6-20-12(10)14(15,2)3/h8,10,12H,4-7,16H2,1-3H3,(H,17,19). The highest BCUT2D eigenvalue weighted by atomic mass is 32.1. The van der Waals surface area contributed by atoms with Crippen LogP contribution in [0.1, 0.15) is 37.4 Å². The SMILES string of the molecule is Cc1csc(CNC(=O)C2(N)C3CCCOC3C2(C)C)n1. The lowest BCUT2D eigenvalue weighted by Gasteiger charge is -2.65. The lowest BCUT2D eigenvalue weighted by molar-refractivity contribution is -0.225. The molecule has 1 aliphatic heterocycles. The highest BCUT2D eigenvalue weighted by molar-refractivity contribution is 7.09. The fraction of sp³-hybridized carbons (Fsp3) is 0.733. The summed E-state index contributed by atoms with van der Waals surface area (Å²) in [6, 6.07) is 0. The van der Waals surface area contributed by atoms with E-state index in [0.29, 0.717) is 6.54 Å². The van der Waals surface area contributed by atoms with Crippen LogP contribution in [-0.4, -0.2) is 29.1 Å². The molecule has 1 aliphatic carbocycles. The number of nitrogens with two attached hydrogens (primary N) is 1. The average Bonchev–Trinajstić information content (AvgIpc) is 2.89. The number of aromatic nitrogens is 1. The fourth-order valence-electron chi connectivity index (χ4n) is 3.82. The van der Waals surface area contributed by atoms with Crippen LogP contribution in [-0.2, 0) is 16.1 Å². The first kappa shape index (κ1) is 14.9. The molecule has 2 aliphatic rings. The summed E-state index contributed by atoms with van der Waals surface area (Å²) in [6.07, 6.45) is 2.05. The van der Waals surface area contributed by atoms with E-state index < -0.39 is 5.54 Å². The largest absolute Gasteiger partial charge is 0.377 e. The monoisotopic (exact) mass is 309 g/mol. The van der Waals surface area contributed by atoms with E-state index in [2.05, 4.69) is 10.3 Å². The molecule has 1 amide bonds. The molecule has 1 aromatic rings. The normalized spacial score (nSPS) is 33.9. The average molecular weight is 309 g/mol. The van der Waals surface area contributed by atoms with Crippen LogP contribution in [0.5, 0.6) is 0 Å². The van der Waals surface area contributed by atoms with E-state index in [1.165, 1.54) is 0 Å². The summed E-state index contributed by atoms with van der Waals surface area (Å²) < 4.78 is 5.83. The Morgan fingerprint density at radius 2 is 2.38 bits per heavy atom. The van der Waals surface area contributed by atoms with Gasteiger partial charge in [0.2, 0.25) is 5.91 Å². The quantitative estimate of drug-likeness (QED) is 0.889. The van der Waals surface area contributed by atoms with Crippen molar-refractivity contribution in [3.05, 3.63) is 16.1 Å². The third-order valence-electron chi connectivity index (χ3n) is 5.13. The molecule has 5 nitrogen and oxygen atoms in total. The van der Waals surface area contributed by atoms with Crippen LogP contribution in [0.2, 0.25) is 0 Å². The van der Waals surface area contributed by atoms with Crippen LogP contribution in [0.15, 0.2) is 5.38 Å². The second-order valence-corrected chi connectivity index (χ2v) is 7.64. The Hall–Kier alpha value is -0.980. The molecule has 0 aromatic carbocycles. The maximum absolute atomic E-state index is 12.7. The molecular weight excluding hydrogens is 286 g/mol. The summed E-state index contributed by atoms with van der Waals surface area (Å²) in [5.74, 6) is 0.0476. The zero-order chi connectivity index (χ0) is 15.3. The van der Waals surface area contributed by atoms with Crippen LogP contribution in [0.25, 0.3) is 0 Å². The second-order valence-electron chi connectivity index (χ2n) is 6.70. The minimum Gasteiger partial charge on any atom is -0.377 e. The second kappa shape index (κ2) is 5.04. The van der Waals surface area contributed by atoms with Crippen molar-refractivity contribution in [2.24, 2.45) is 17.1 Å². The number of rotatable bonds is 3. The third kappa shape index (κ3) is 2.12. The lowest BCUT2D eigenvalue weighted by Crippen LogP contribution is -2.82. The number of thiazole rings is 1. The van der Waals surface area contributed by atoms with Crippen LogP contribution in [0.4, 0.5) is 0 Å². The molecular formula is C15H23N3O2S. The van der Waals surface area contributed by atoms with Crippen molar-refractivity contribution in [2.45, 2.75) is 51.8 Å². The highest BCUT2D eigenvalue weighted by Crippen LogP contribution is 2.57. The molecule has 21 heavy (non-hydrogen) atoms. The summed E-state index contributed by atoms with van der Waals surface area (Å²) in [4.78, 5) is 17.0. The van der Waals surface area contributed by atoms with Crippen LogP contribution >= 0.6 is 11.3 Å². The summed E-state index contributed by atoms with van der Waals surface area (Å²) in [5.41, 5.74) is 6.35. The van der Waals surface area contributed by atoms with Crippen LogP contribution in [0.3, 0.4) is 0 Å². The molecule has 116 valence electrons. The van der Waals surface area contributed by atoms with Crippen molar-refractivity contribution in [1.29, 1.82) is 0 Å². The van der Waals surface area contributed by atoms with E-state index in [9.17, 15) is 4.79 Å². The number of nitrogens with zero attached hydrogens (tertiary/aromatic N) is 1.